The molecule has 0 aromatic heterocycles. The van der Waals surface area contributed by atoms with Gasteiger partial charge >= 0.3 is 24.2 Å². The van der Waals surface area contributed by atoms with Crippen molar-refractivity contribution in [3.05, 3.63) is 12.7 Å². The molecule has 4 amide bonds. The highest BCUT2D eigenvalue weighted by Crippen LogP contribution is 2.11. The second-order valence-electron chi connectivity index (χ2n) is 13.0. The van der Waals surface area contributed by atoms with Crippen LogP contribution in [0.15, 0.2) is 12.7 Å². The Morgan fingerprint density at radius 3 is 1.47 bits per heavy atom. The summed E-state index contributed by atoms with van der Waals surface area (Å²) in [7, 11) is 0. The summed E-state index contributed by atoms with van der Waals surface area (Å²) in [6, 6.07) is -2.01. The summed E-state index contributed by atoms with van der Waals surface area (Å²) < 4.78 is 20.9. The minimum Gasteiger partial charge on any atom is -0.460 e. The molecule has 0 rings (SSSR count). The Balaban J connectivity index is 5.25. The topological polar surface area (TPSA) is 170 Å². The van der Waals surface area contributed by atoms with Crippen LogP contribution in [0.4, 0.5) is 14.4 Å². The van der Waals surface area contributed by atoms with E-state index in [0.29, 0.717) is 38.8 Å². The van der Waals surface area contributed by atoms with Crippen LogP contribution < -0.4 is 21.3 Å². The molecule has 13 heteroatoms. The molecule has 0 aromatic rings. The van der Waals surface area contributed by atoms with Crippen LogP contribution in [-0.4, -0.2) is 78.7 Å². The molecule has 248 valence electrons. The van der Waals surface area contributed by atoms with Crippen molar-refractivity contribution in [2.24, 2.45) is 0 Å². The van der Waals surface area contributed by atoms with Gasteiger partial charge < -0.3 is 40.2 Å². The number of alkyl carbamates (subject to hydrolysis) is 3. The zero-order valence-corrected chi connectivity index (χ0v) is 27.5. The van der Waals surface area contributed by atoms with Gasteiger partial charge in [0.2, 0.25) is 5.91 Å². The molecule has 13 nitrogen and oxygen atoms in total. The summed E-state index contributed by atoms with van der Waals surface area (Å²) in [5.41, 5.74) is -2.03. The van der Waals surface area contributed by atoms with Crippen LogP contribution in [0.3, 0.4) is 0 Å². The van der Waals surface area contributed by atoms with Crippen molar-refractivity contribution >= 4 is 30.2 Å². The van der Waals surface area contributed by atoms with E-state index < -0.39 is 59.0 Å². The Morgan fingerprint density at radius 1 is 0.628 bits per heavy atom. The van der Waals surface area contributed by atoms with Crippen LogP contribution in [0.1, 0.15) is 101 Å². The molecule has 0 aliphatic heterocycles. The van der Waals surface area contributed by atoms with Gasteiger partial charge in [0.1, 0.15) is 35.5 Å². The molecular formula is C30H54N4O9. The van der Waals surface area contributed by atoms with Gasteiger partial charge in [0.15, 0.2) is 0 Å². The number of nitrogens with one attached hydrogen (secondary N) is 4. The highest BCUT2D eigenvalue weighted by molar-refractivity contribution is 5.89. The summed E-state index contributed by atoms with van der Waals surface area (Å²) >= 11 is 0. The van der Waals surface area contributed by atoms with E-state index >= 15 is 0 Å². The van der Waals surface area contributed by atoms with Crippen LogP contribution in [0.25, 0.3) is 0 Å². The molecule has 0 saturated heterocycles. The highest BCUT2D eigenvalue weighted by atomic mass is 16.6. The Labute approximate surface area is 256 Å². The molecule has 0 fully saturated rings. The second-order valence-corrected chi connectivity index (χ2v) is 13.0. The Bertz CT molecular complexity index is 918. The fraction of sp³-hybridized carbons (Fsp3) is 0.767. The zero-order chi connectivity index (χ0) is 33.3. The Hall–Kier alpha value is -3.51. The molecular weight excluding hydrogens is 560 g/mol. The predicted molar refractivity (Wildman–Crippen MR) is 162 cm³/mol. The van der Waals surface area contributed by atoms with Gasteiger partial charge in [0, 0.05) is 13.1 Å². The van der Waals surface area contributed by atoms with Crippen molar-refractivity contribution in [3.8, 4) is 0 Å². The highest BCUT2D eigenvalue weighted by Gasteiger charge is 2.29. The maximum atomic E-state index is 13.3. The lowest BCUT2D eigenvalue weighted by atomic mass is 10.1. The number of carbonyl (C=O) groups is 5. The molecule has 2 atom stereocenters. The van der Waals surface area contributed by atoms with Gasteiger partial charge in [-0.2, -0.15) is 0 Å². The molecule has 0 saturated carbocycles. The predicted octanol–water partition coefficient (Wildman–Crippen LogP) is 4.48. The molecule has 0 heterocycles. The maximum Gasteiger partial charge on any atom is 0.408 e. The third kappa shape index (κ3) is 22.7. The SMILES string of the molecule is C=CCOC(=O)[C@H](CCCCNC(=O)OC(C)(C)C)NC(=O)C(CCCCNC(=O)OC(C)(C)C)NC(=O)OC(C)(C)C. The van der Waals surface area contributed by atoms with Crippen molar-refractivity contribution in [3.63, 3.8) is 0 Å². The molecule has 0 aliphatic carbocycles. The van der Waals surface area contributed by atoms with Crippen molar-refractivity contribution in [2.45, 2.75) is 130 Å². The minimum absolute atomic E-state index is 0.0321. The first kappa shape index (κ1) is 39.5. The van der Waals surface area contributed by atoms with Crippen molar-refractivity contribution in [1.82, 2.24) is 21.3 Å². The Morgan fingerprint density at radius 2 is 1.05 bits per heavy atom. The van der Waals surface area contributed by atoms with E-state index in [1.807, 2.05) is 0 Å². The molecule has 0 spiro atoms. The number of rotatable bonds is 16. The van der Waals surface area contributed by atoms with E-state index in [4.69, 9.17) is 18.9 Å². The van der Waals surface area contributed by atoms with Crippen molar-refractivity contribution < 1.29 is 42.9 Å². The molecule has 1 unspecified atom stereocenters. The summed E-state index contributed by atoms with van der Waals surface area (Å²) in [6.45, 7) is 19.8. The quantitative estimate of drug-likeness (QED) is 0.0847. The van der Waals surface area contributed by atoms with E-state index in [-0.39, 0.29) is 19.4 Å². The van der Waals surface area contributed by atoms with Crippen LogP contribution in [0.2, 0.25) is 0 Å². The number of ether oxygens (including phenoxy) is 4. The summed E-state index contributed by atoms with van der Waals surface area (Å²) in [6.07, 6.45) is 1.97. The number of carbonyl (C=O) groups excluding carboxylic acids is 5. The smallest absolute Gasteiger partial charge is 0.408 e. The molecule has 0 aromatic carbocycles. The van der Waals surface area contributed by atoms with Gasteiger partial charge in [0.25, 0.3) is 0 Å². The van der Waals surface area contributed by atoms with Gasteiger partial charge in [-0.1, -0.05) is 12.7 Å². The number of hydrogen-bond donors (Lipinski definition) is 4. The normalized spacial score (nSPS) is 13.0. The molecule has 0 aliphatic rings. The summed E-state index contributed by atoms with van der Waals surface area (Å²) in [4.78, 5) is 62.2. The largest absolute Gasteiger partial charge is 0.460 e. The Kier molecular flexibility index (Phi) is 17.4. The molecule has 0 bridgehead atoms. The van der Waals surface area contributed by atoms with E-state index in [2.05, 4.69) is 27.8 Å². The minimum atomic E-state index is -1.01. The van der Waals surface area contributed by atoms with Gasteiger partial charge in [-0.05, 0) is 101 Å². The third-order valence-electron chi connectivity index (χ3n) is 5.13. The fourth-order valence-corrected chi connectivity index (χ4v) is 3.44. The van der Waals surface area contributed by atoms with Crippen LogP contribution in [0, 0.1) is 0 Å². The molecule has 43 heavy (non-hydrogen) atoms. The fourth-order valence-electron chi connectivity index (χ4n) is 3.44. The number of amides is 4. The number of hydrogen-bond acceptors (Lipinski definition) is 9. The van der Waals surface area contributed by atoms with Crippen molar-refractivity contribution in [1.29, 1.82) is 0 Å². The lowest BCUT2D eigenvalue weighted by Gasteiger charge is -2.25. The van der Waals surface area contributed by atoms with E-state index in [1.165, 1.54) is 6.08 Å². The molecule has 0 radical (unpaired) electrons. The maximum absolute atomic E-state index is 13.3. The van der Waals surface area contributed by atoms with Crippen LogP contribution >= 0.6 is 0 Å². The van der Waals surface area contributed by atoms with Crippen molar-refractivity contribution in [2.75, 3.05) is 19.7 Å². The van der Waals surface area contributed by atoms with Gasteiger partial charge in [-0.15, -0.1) is 0 Å². The number of esters is 1. The average Bonchev–Trinajstić information content (AvgIpc) is 2.81. The average molecular weight is 615 g/mol. The van der Waals surface area contributed by atoms with Gasteiger partial charge in [0.05, 0.1) is 0 Å². The third-order valence-corrected chi connectivity index (χ3v) is 5.13. The second kappa shape index (κ2) is 18.9. The van der Waals surface area contributed by atoms with Crippen LogP contribution in [-0.2, 0) is 28.5 Å². The lowest BCUT2D eigenvalue weighted by molar-refractivity contribution is -0.147. The first-order valence-corrected chi connectivity index (χ1v) is 14.7. The van der Waals surface area contributed by atoms with Gasteiger partial charge in [-0.3, -0.25) is 4.79 Å². The number of unbranched alkanes of at least 4 members (excludes halogenated alkanes) is 2. The first-order valence-electron chi connectivity index (χ1n) is 14.7. The first-order chi connectivity index (χ1) is 19.7. The lowest BCUT2D eigenvalue weighted by Crippen LogP contribution is -2.52. The molecule has 4 N–H and O–H groups in total. The van der Waals surface area contributed by atoms with E-state index in [9.17, 15) is 24.0 Å². The van der Waals surface area contributed by atoms with Gasteiger partial charge in [-0.25, -0.2) is 19.2 Å². The summed E-state index contributed by atoms with van der Waals surface area (Å²) in [5.74, 6) is -1.23. The van der Waals surface area contributed by atoms with E-state index in [0.717, 1.165) is 0 Å². The van der Waals surface area contributed by atoms with Crippen LogP contribution in [0.5, 0.6) is 0 Å². The standard InChI is InChI=1S/C30H54N4O9/c1-11-20-40-24(36)22(17-13-15-19-32-26(38)42-29(5,6)7)33-23(35)21(34-27(39)43-30(8,9)10)16-12-14-18-31-25(37)41-28(2,3)4/h11,21-22H,1,12-20H2,2-10H3,(H,31,37)(H,32,38)(H,33,35)(H,34,39)/t21?,22-/m0/s1. The summed E-state index contributed by atoms with van der Waals surface area (Å²) in [5, 5.41) is 10.6. The zero-order valence-electron chi connectivity index (χ0n) is 27.5. The monoisotopic (exact) mass is 614 g/mol. The van der Waals surface area contributed by atoms with E-state index in [1.54, 1.807) is 62.3 Å².